The van der Waals surface area contributed by atoms with E-state index in [9.17, 15) is 4.79 Å². The number of nitrogens with two attached hydrogens (primary N) is 1. The van der Waals surface area contributed by atoms with Crippen molar-refractivity contribution in [3.63, 3.8) is 0 Å². The average Bonchev–Trinajstić information content (AvgIpc) is 2.52. The van der Waals surface area contributed by atoms with E-state index in [1.165, 1.54) is 5.06 Å². The Morgan fingerprint density at radius 1 is 1.53 bits per heavy atom. The Labute approximate surface area is 105 Å². The second kappa shape index (κ2) is 4.20. The molecule has 1 aliphatic rings. The highest BCUT2D eigenvalue weighted by atomic mass is 35.5. The lowest BCUT2D eigenvalue weighted by Gasteiger charge is -2.17. The number of carbonyl (C=O) groups excluding carboxylic acids is 1. The Kier molecular flexibility index (Phi) is 3.02. The van der Waals surface area contributed by atoms with Gasteiger partial charge in [-0.25, -0.2) is 5.06 Å². The third-order valence-corrected chi connectivity index (χ3v) is 3.27. The maximum atomic E-state index is 12.0. The molecule has 0 aliphatic carbocycles. The number of nitrogen functional groups attached to an aromatic ring is 1. The number of nitrogens with zero attached hydrogens (tertiary/aromatic N) is 1. The van der Waals surface area contributed by atoms with Crippen molar-refractivity contribution < 1.29 is 9.63 Å². The lowest BCUT2D eigenvalue weighted by Crippen LogP contribution is -2.30. The molecule has 1 fully saturated rings. The Hall–Kier alpha value is -1.26. The van der Waals surface area contributed by atoms with E-state index >= 15 is 0 Å². The van der Waals surface area contributed by atoms with E-state index in [1.807, 2.05) is 26.0 Å². The Bertz CT molecular complexity index is 460. The predicted molar refractivity (Wildman–Crippen MR) is 66.1 cm³/mol. The van der Waals surface area contributed by atoms with Gasteiger partial charge in [0, 0.05) is 0 Å². The van der Waals surface area contributed by atoms with Crippen molar-refractivity contribution in [3.05, 3.63) is 28.8 Å². The normalized spacial score (nSPS) is 18.8. The molecule has 2 rings (SSSR count). The molecular weight excluding hydrogens is 240 g/mol. The van der Waals surface area contributed by atoms with E-state index in [2.05, 4.69) is 0 Å². The number of rotatable bonds is 2. The predicted octanol–water partition coefficient (Wildman–Crippen LogP) is 2.22. The molecular formula is C12H15ClN2O2. The van der Waals surface area contributed by atoms with Gasteiger partial charge in [-0.3, -0.25) is 9.63 Å². The maximum Gasteiger partial charge on any atom is 0.254 e. The van der Waals surface area contributed by atoms with E-state index in [1.54, 1.807) is 6.07 Å². The van der Waals surface area contributed by atoms with Gasteiger partial charge >= 0.3 is 0 Å². The molecule has 0 spiro atoms. The molecule has 0 aromatic heterocycles. The Morgan fingerprint density at radius 2 is 2.24 bits per heavy atom. The van der Waals surface area contributed by atoms with Crippen LogP contribution in [0.2, 0.25) is 5.02 Å². The molecule has 4 nitrogen and oxygen atoms in total. The molecule has 0 unspecified atom stereocenters. The first-order valence-electron chi connectivity index (χ1n) is 5.39. The molecule has 17 heavy (non-hydrogen) atoms. The molecule has 92 valence electrons. The number of carbonyl (C=O) groups is 1. The quantitative estimate of drug-likeness (QED) is 0.824. The third kappa shape index (κ3) is 2.23. The van der Waals surface area contributed by atoms with Crippen molar-refractivity contribution in [2.24, 2.45) is 5.41 Å². The van der Waals surface area contributed by atoms with Crippen molar-refractivity contribution in [2.75, 3.05) is 12.3 Å². The number of hydrogen-bond acceptors (Lipinski definition) is 3. The highest BCUT2D eigenvalue weighted by Gasteiger charge is 2.40. The molecule has 5 heteroatoms. The van der Waals surface area contributed by atoms with Gasteiger partial charge in [0.2, 0.25) is 0 Å². The second-order valence-electron chi connectivity index (χ2n) is 4.82. The zero-order valence-corrected chi connectivity index (χ0v) is 10.6. The summed E-state index contributed by atoms with van der Waals surface area (Å²) in [4.78, 5) is 17.3. The van der Waals surface area contributed by atoms with Crippen LogP contribution in [0.4, 0.5) is 5.69 Å². The van der Waals surface area contributed by atoms with Gasteiger partial charge in [0.25, 0.3) is 5.91 Å². The van der Waals surface area contributed by atoms with Crippen LogP contribution in [0.15, 0.2) is 18.2 Å². The first kappa shape index (κ1) is 12.2. The van der Waals surface area contributed by atoms with Crippen molar-refractivity contribution in [3.8, 4) is 0 Å². The van der Waals surface area contributed by atoms with Crippen LogP contribution in [0.1, 0.15) is 19.4 Å². The van der Waals surface area contributed by atoms with E-state index in [-0.39, 0.29) is 5.91 Å². The van der Waals surface area contributed by atoms with Crippen LogP contribution >= 0.6 is 11.6 Å². The first-order valence-corrected chi connectivity index (χ1v) is 5.77. The van der Waals surface area contributed by atoms with Crippen molar-refractivity contribution in [1.29, 1.82) is 0 Å². The fourth-order valence-corrected chi connectivity index (χ4v) is 1.88. The molecule has 1 amide bonds. The van der Waals surface area contributed by atoms with E-state index in [0.717, 1.165) is 5.56 Å². The number of anilines is 1. The van der Waals surface area contributed by atoms with E-state index < -0.39 is 5.41 Å². The SMILES string of the molecule is CC1(C)CON(Cc2cccc(N)c2Cl)C1=O. The number of halogens is 1. The molecule has 0 radical (unpaired) electrons. The summed E-state index contributed by atoms with van der Waals surface area (Å²) in [5.74, 6) is -0.0315. The minimum absolute atomic E-state index is 0.0315. The van der Waals surface area contributed by atoms with Gasteiger partial charge in [-0.05, 0) is 25.5 Å². The summed E-state index contributed by atoms with van der Waals surface area (Å²) in [5.41, 5.74) is 6.54. The lowest BCUT2D eigenvalue weighted by atomic mass is 9.95. The van der Waals surface area contributed by atoms with Crippen molar-refractivity contribution in [1.82, 2.24) is 5.06 Å². The van der Waals surface area contributed by atoms with Gasteiger partial charge in [-0.1, -0.05) is 23.7 Å². The molecule has 0 atom stereocenters. The summed E-state index contributed by atoms with van der Waals surface area (Å²) < 4.78 is 0. The fourth-order valence-electron chi connectivity index (χ4n) is 1.69. The zero-order valence-electron chi connectivity index (χ0n) is 9.87. The zero-order chi connectivity index (χ0) is 12.6. The molecule has 0 saturated carbocycles. The smallest absolute Gasteiger partial charge is 0.254 e. The molecule has 1 saturated heterocycles. The fraction of sp³-hybridized carbons (Fsp3) is 0.417. The van der Waals surface area contributed by atoms with Crippen molar-refractivity contribution >= 4 is 23.2 Å². The molecule has 1 aromatic carbocycles. The van der Waals surface area contributed by atoms with Crippen molar-refractivity contribution in [2.45, 2.75) is 20.4 Å². The minimum atomic E-state index is -0.465. The van der Waals surface area contributed by atoms with Crippen LogP contribution in [0.25, 0.3) is 0 Å². The van der Waals surface area contributed by atoms with Crippen LogP contribution in [-0.2, 0) is 16.2 Å². The van der Waals surface area contributed by atoms with Gasteiger partial charge < -0.3 is 5.73 Å². The highest BCUT2D eigenvalue weighted by molar-refractivity contribution is 6.33. The minimum Gasteiger partial charge on any atom is -0.398 e. The summed E-state index contributed by atoms with van der Waals surface area (Å²) in [6.07, 6.45) is 0. The average molecular weight is 255 g/mol. The summed E-state index contributed by atoms with van der Waals surface area (Å²) in [6.45, 7) is 4.44. The van der Waals surface area contributed by atoms with E-state index in [0.29, 0.717) is 23.9 Å². The standard InChI is InChI=1S/C12H15ClN2O2/c1-12(2)7-17-15(11(12)16)6-8-4-3-5-9(14)10(8)13/h3-5H,6-7,14H2,1-2H3. The Balaban J connectivity index is 2.18. The van der Waals surface area contributed by atoms with Crippen LogP contribution in [0, 0.1) is 5.41 Å². The summed E-state index contributed by atoms with van der Waals surface area (Å²) >= 11 is 6.07. The van der Waals surface area contributed by atoms with Gasteiger partial charge in [0.15, 0.2) is 0 Å². The molecule has 1 aromatic rings. The summed E-state index contributed by atoms with van der Waals surface area (Å²) in [6, 6.07) is 5.37. The molecule has 1 heterocycles. The molecule has 1 aliphatic heterocycles. The third-order valence-electron chi connectivity index (χ3n) is 2.81. The van der Waals surface area contributed by atoms with Crippen LogP contribution < -0.4 is 5.73 Å². The van der Waals surface area contributed by atoms with Gasteiger partial charge in [-0.2, -0.15) is 0 Å². The Morgan fingerprint density at radius 3 is 2.82 bits per heavy atom. The maximum absolute atomic E-state index is 12.0. The molecule has 2 N–H and O–H groups in total. The van der Waals surface area contributed by atoms with Crippen LogP contribution in [-0.4, -0.2) is 17.6 Å². The summed E-state index contributed by atoms with van der Waals surface area (Å²) in [5, 5.41) is 1.83. The van der Waals surface area contributed by atoms with Gasteiger partial charge in [0.05, 0.1) is 29.3 Å². The van der Waals surface area contributed by atoms with Gasteiger partial charge in [-0.15, -0.1) is 0 Å². The topological polar surface area (TPSA) is 55.6 Å². The van der Waals surface area contributed by atoms with Crippen LogP contribution in [0.5, 0.6) is 0 Å². The highest BCUT2D eigenvalue weighted by Crippen LogP contribution is 2.30. The molecule has 0 bridgehead atoms. The lowest BCUT2D eigenvalue weighted by molar-refractivity contribution is -0.165. The second-order valence-corrected chi connectivity index (χ2v) is 5.20. The number of hydroxylamine groups is 2. The number of amides is 1. The monoisotopic (exact) mass is 254 g/mol. The van der Waals surface area contributed by atoms with Gasteiger partial charge in [0.1, 0.15) is 0 Å². The first-order chi connectivity index (χ1) is 7.92. The largest absolute Gasteiger partial charge is 0.398 e. The number of hydrogen-bond donors (Lipinski definition) is 1. The summed E-state index contributed by atoms with van der Waals surface area (Å²) in [7, 11) is 0. The number of benzene rings is 1. The van der Waals surface area contributed by atoms with Crippen LogP contribution in [0.3, 0.4) is 0 Å². The van der Waals surface area contributed by atoms with E-state index in [4.69, 9.17) is 22.2 Å².